The summed E-state index contributed by atoms with van der Waals surface area (Å²) in [5, 5.41) is 0. The molecule has 0 aromatic carbocycles. The predicted molar refractivity (Wildman–Crippen MR) is 45.4 cm³/mol. The molecule has 1 rings (SSSR count). The Bertz CT molecular complexity index is 93.7. The molecule has 0 unspecified atom stereocenters. The molecular weight excluding hydrogens is 254 g/mol. The molecule has 0 aliphatic carbocycles. The van der Waals surface area contributed by atoms with Crippen LogP contribution in [0.4, 0.5) is 0 Å². The number of hydrogen-bond acceptors (Lipinski definition) is 1. The maximum absolute atomic E-state index is 3.78. The molecule has 0 fully saturated rings. The molecule has 68 valence electrons. The average molecular weight is 266 g/mol. The van der Waals surface area contributed by atoms with E-state index in [4.69, 9.17) is 0 Å². The van der Waals surface area contributed by atoms with Crippen molar-refractivity contribution in [1.82, 2.24) is 4.98 Å². The molecule has 1 aromatic rings. The fourth-order valence-corrected chi connectivity index (χ4v) is 0.313. The first-order chi connectivity index (χ1) is 3.00. The smallest absolute Gasteiger partial charge is 0.0267 e. The van der Waals surface area contributed by atoms with Crippen LogP contribution < -0.4 is 0 Å². The maximum Gasteiger partial charge on any atom is 0.0267 e. The van der Waals surface area contributed by atoms with Crippen LogP contribution in [0.2, 0.25) is 0 Å². The molecule has 6 heteroatoms. The minimum absolute atomic E-state index is 0. The summed E-state index contributed by atoms with van der Waals surface area (Å²) in [6.45, 7) is 0. The minimum Gasteiger partial charge on any atom is -0.412 e. The van der Waals surface area contributed by atoms with E-state index in [0.717, 1.165) is 0 Å². The van der Waals surface area contributed by atoms with Crippen molar-refractivity contribution in [3.8, 4) is 0 Å². The van der Waals surface area contributed by atoms with E-state index in [1.165, 1.54) is 0 Å². The van der Waals surface area contributed by atoms with Gasteiger partial charge in [-0.25, -0.2) is 0 Å². The molecular formula is C5H12BrCrNO3. The van der Waals surface area contributed by atoms with E-state index in [2.05, 4.69) is 4.98 Å². The number of halogens is 1. The quantitative estimate of drug-likeness (QED) is 0.601. The summed E-state index contributed by atoms with van der Waals surface area (Å²) in [6, 6.07) is 5.72. The van der Waals surface area contributed by atoms with E-state index in [0.29, 0.717) is 0 Å². The molecule has 0 spiro atoms. The minimum atomic E-state index is 0. The van der Waals surface area contributed by atoms with Gasteiger partial charge < -0.3 is 16.4 Å². The third kappa shape index (κ3) is 17.8. The molecule has 4 nitrogen and oxygen atoms in total. The van der Waals surface area contributed by atoms with Crippen LogP contribution in [0.1, 0.15) is 0 Å². The van der Waals surface area contributed by atoms with E-state index in [9.17, 15) is 0 Å². The van der Waals surface area contributed by atoms with Gasteiger partial charge in [0.2, 0.25) is 0 Å². The largest absolute Gasteiger partial charge is 0.412 e. The zero-order valence-electron chi connectivity index (χ0n) is 5.65. The molecule has 1 heterocycles. The van der Waals surface area contributed by atoms with Crippen molar-refractivity contribution >= 4 is 17.0 Å². The first-order valence-electron chi connectivity index (χ1n) is 1.85. The van der Waals surface area contributed by atoms with Crippen LogP contribution in [0.15, 0.2) is 30.6 Å². The fraction of sp³-hybridized carbons (Fsp3) is 0. The van der Waals surface area contributed by atoms with Gasteiger partial charge in [-0.15, -0.1) is 17.0 Å². The number of pyridine rings is 1. The zero-order chi connectivity index (χ0) is 4.24. The fourth-order valence-electron chi connectivity index (χ4n) is 0.313. The molecule has 0 aliphatic rings. The summed E-state index contributed by atoms with van der Waals surface area (Å²) in [5.41, 5.74) is 0. The van der Waals surface area contributed by atoms with Crippen LogP contribution in [0.25, 0.3) is 0 Å². The number of nitrogens with zero attached hydrogens (tertiary/aromatic N) is 1. The molecule has 0 bridgehead atoms. The van der Waals surface area contributed by atoms with Gasteiger partial charge >= 0.3 is 0 Å². The van der Waals surface area contributed by atoms with Gasteiger partial charge in [0.05, 0.1) is 0 Å². The Morgan fingerprint density at radius 3 is 1.18 bits per heavy atom. The Morgan fingerprint density at radius 1 is 0.727 bits per heavy atom. The van der Waals surface area contributed by atoms with E-state index < -0.39 is 0 Å². The molecule has 0 aliphatic heterocycles. The Morgan fingerprint density at radius 2 is 1.09 bits per heavy atom. The number of hydrogen-bond donors (Lipinski definition) is 0. The van der Waals surface area contributed by atoms with Gasteiger partial charge in [0, 0.05) is 29.8 Å². The maximum atomic E-state index is 3.78. The van der Waals surface area contributed by atoms with Crippen molar-refractivity contribution in [1.29, 1.82) is 0 Å². The summed E-state index contributed by atoms with van der Waals surface area (Å²) >= 11 is 0. The van der Waals surface area contributed by atoms with Crippen molar-refractivity contribution in [2.24, 2.45) is 0 Å². The van der Waals surface area contributed by atoms with Gasteiger partial charge in [-0.3, -0.25) is 4.98 Å². The third-order valence-corrected chi connectivity index (χ3v) is 0.566. The van der Waals surface area contributed by atoms with E-state index in [1.807, 2.05) is 18.2 Å². The van der Waals surface area contributed by atoms with Crippen LogP contribution in [-0.2, 0) is 17.4 Å². The van der Waals surface area contributed by atoms with Crippen molar-refractivity contribution in [2.75, 3.05) is 0 Å². The summed E-state index contributed by atoms with van der Waals surface area (Å²) < 4.78 is 0. The Balaban J connectivity index is -0.0000000240. The van der Waals surface area contributed by atoms with Crippen molar-refractivity contribution in [3.63, 3.8) is 0 Å². The second-order valence-corrected chi connectivity index (χ2v) is 1.02. The van der Waals surface area contributed by atoms with Gasteiger partial charge in [0.1, 0.15) is 0 Å². The number of aromatic nitrogens is 1. The summed E-state index contributed by atoms with van der Waals surface area (Å²) in [7, 11) is 0. The summed E-state index contributed by atoms with van der Waals surface area (Å²) in [4.78, 5) is 3.78. The van der Waals surface area contributed by atoms with Gasteiger partial charge in [-0.05, 0) is 12.1 Å². The van der Waals surface area contributed by atoms with Crippen LogP contribution in [0.5, 0.6) is 0 Å². The predicted octanol–water partition coefficient (Wildman–Crippen LogP) is -0.817. The SMILES string of the molecule is Br.O.O.O.[Cr].c1ccncc1. The molecule has 0 amide bonds. The van der Waals surface area contributed by atoms with Crippen LogP contribution in [0, 0.1) is 0 Å². The van der Waals surface area contributed by atoms with Crippen LogP contribution in [0.3, 0.4) is 0 Å². The molecule has 11 heavy (non-hydrogen) atoms. The van der Waals surface area contributed by atoms with Crippen LogP contribution >= 0.6 is 17.0 Å². The van der Waals surface area contributed by atoms with Crippen molar-refractivity contribution in [2.45, 2.75) is 0 Å². The Labute approximate surface area is 86.5 Å². The molecule has 6 N–H and O–H groups in total. The average Bonchev–Trinajstić information content (AvgIpc) is 1.72. The molecule has 0 saturated carbocycles. The zero-order valence-corrected chi connectivity index (χ0v) is 8.64. The summed E-state index contributed by atoms with van der Waals surface area (Å²) in [5.74, 6) is 0. The van der Waals surface area contributed by atoms with Crippen LogP contribution in [-0.4, -0.2) is 21.4 Å². The van der Waals surface area contributed by atoms with Crippen molar-refractivity contribution < 1.29 is 33.8 Å². The molecule has 0 radical (unpaired) electrons. The standard InChI is InChI=1S/C5H5N.BrH.Cr.3H2O/c1-2-4-6-5-3-1;;;;;/h1-5H;1H;;3*1H2. The Hall–Kier alpha value is 0.0425. The van der Waals surface area contributed by atoms with Crippen molar-refractivity contribution in [3.05, 3.63) is 30.6 Å². The normalized spacial score (nSPS) is 4.36. The summed E-state index contributed by atoms with van der Waals surface area (Å²) in [6.07, 6.45) is 3.50. The van der Waals surface area contributed by atoms with E-state index >= 15 is 0 Å². The topological polar surface area (TPSA) is 107 Å². The second kappa shape index (κ2) is 22.5. The van der Waals surface area contributed by atoms with Gasteiger partial charge in [-0.2, -0.15) is 0 Å². The van der Waals surface area contributed by atoms with E-state index in [1.54, 1.807) is 12.4 Å². The van der Waals surface area contributed by atoms with Gasteiger partial charge in [0.25, 0.3) is 0 Å². The molecule has 0 atom stereocenters. The van der Waals surface area contributed by atoms with Gasteiger partial charge in [-0.1, -0.05) is 6.07 Å². The second-order valence-electron chi connectivity index (χ2n) is 1.02. The first kappa shape index (κ1) is 30.5. The monoisotopic (exact) mass is 265 g/mol. The number of rotatable bonds is 0. The molecule has 0 saturated heterocycles. The third-order valence-electron chi connectivity index (χ3n) is 0.566. The van der Waals surface area contributed by atoms with E-state index in [-0.39, 0.29) is 50.8 Å². The molecule has 1 aromatic heterocycles. The first-order valence-corrected chi connectivity index (χ1v) is 1.85. The Kier molecular flexibility index (Phi) is 62.4. The van der Waals surface area contributed by atoms with Gasteiger partial charge in [0.15, 0.2) is 0 Å².